The Morgan fingerprint density at radius 2 is 1.78 bits per heavy atom. The van der Waals surface area contributed by atoms with E-state index in [-0.39, 0.29) is 0 Å². The highest BCUT2D eigenvalue weighted by Gasteiger charge is 2.18. The highest BCUT2D eigenvalue weighted by atomic mass is 16.5. The highest BCUT2D eigenvalue weighted by molar-refractivity contribution is 5.60. The SMILES string of the molecule is C[C@@H](c1ccc(-c2ccc3c(n2)CCC3)cc1)N1CCOCC1. The minimum atomic E-state index is 0.445. The van der Waals surface area contributed by atoms with Gasteiger partial charge in [0.2, 0.25) is 0 Å². The van der Waals surface area contributed by atoms with Crippen LogP contribution in [-0.2, 0) is 17.6 Å². The Labute approximate surface area is 138 Å². The largest absolute Gasteiger partial charge is 0.379 e. The third kappa shape index (κ3) is 3.04. The molecule has 1 aromatic heterocycles. The van der Waals surface area contributed by atoms with Gasteiger partial charge < -0.3 is 4.74 Å². The maximum Gasteiger partial charge on any atom is 0.0705 e. The summed E-state index contributed by atoms with van der Waals surface area (Å²) in [6.45, 7) is 6.03. The average molecular weight is 308 g/mol. The van der Waals surface area contributed by atoms with Crippen LogP contribution in [0.3, 0.4) is 0 Å². The van der Waals surface area contributed by atoms with Gasteiger partial charge in [-0.3, -0.25) is 9.88 Å². The summed E-state index contributed by atoms with van der Waals surface area (Å²) < 4.78 is 5.45. The van der Waals surface area contributed by atoms with Crippen molar-refractivity contribution >= 4 is 0 Å². The first-order valence-corrected chi connectivity index (χ1v) is 8.72. The number of fused-ring (bicyclic) bond motifs is 1. The lowest BCUT2D eigenvalue weighted by Crippen LogP contribution is -2.37. The summed E-state index contributed by atoms with van der Waals surface area (Å²) in [4.78, 5) is 7.35. The topological polar surface area (TPSA) is 25.4 Å². The smallest absolute Gasteiger partial charge is 0.0705 e. The summed E-state index contributed by atoms with van der Waals surface area (Å²) in [7, 11) is 0. The monoisotopic (exact) mass is 308 g/mol. The van der Waals surface area contributed by atoms with Crippen molar-refractivity contribution in [3.63, 3.8) is 0 Å². The Bertz CT molecular complexity index is 675. The van der Waals surface area contributed by atoms with Gasteiger partial charge in [0, 0.05) is 30.4 Å². The van der Waals surface area contributed by atoms with Crippen molar-refractivity contribution in [2.45, 2.75) is 32.2 Å². The fourth-order valence-electron chi connectivity index (χ4n) is 3.69. The molecule has 120 valence electrons. The zero-order chi connectivity index (χ0) is 15.6. The van der Waals surface area contributed by atoms with Gasteiger partial charge in [-0.2, -0.15) is 0 Å². The second-order valence-corrected chi connectivity index (χ2v) is 6.60. The zero-order valence-electron chi connectivity index (χ0n) is 13.8. The van der Waals surface area contributed by atoms with Crippen LogP contribution in [0.1, 0.15) is 36.2 Å². The number of ether oxygens (including phenoxy) is 1. The number of hydrogen-bond donors (Lipinski definition) is 0. The third-order valence-electron chi connectivity index (χ3n) is 5.21. The van der Waals surface area contributed by atoms with Gasteiger partial charge in [-0.15, -0.1) is 0 Å². The lowest BCUT2D eigenvalue weighted by atomic mass is 10.0. The van der Waals surface area contributed by atoms with Crippen LogP contribution in [0.5, 0.6) is 0 Å². The van der Waals surface area contributed by atoms with Crippen molar-refractivity contribution in [2.75, 3.05) is 26.3 Å². The van der Waals surface area contributed by atoms with Gasteiger partial charge in [0.05, 0.1) is 18.9 Å². The van der Waals surface area contributed by atoms with Crippen molar-refractivity contribution in [2.24, 2.45) is 0 Å². The molecule has 23 heavy (non-hydrogen) atoms. The highest BCUT2D eigenvalue weighted by Crippen LogP contribution is 2.27. The molecule has 0 N–H and O–H groups in total. The molecule has 0 spiro atoms. The van der Waals surface area contributed by atoms with Gasteiger partial charge in [-0.05, 0) is 43.4 Å². The summed E-state index contributed by atoms with van der Waals surface area (Å²) in [5, 5.41) is 0. The van der Waals surface area contributed by atoms with E-state index < -0.39 is 0 Å². The first-order valence-electron chi connectivity index (χ1n) is 8.72. The number of benzene rings is 1. The zero-order valence-corrected chi connectivity index (χ0v) is 13.8. The maximum absolute atomic E-state index is 5.45. The van der Waals surface area contributed by atoms with Crippen LogP contribution in [0.2, 0.25) is 0 Å². The van der Waals surface area contributed by atoms with Crippen LogP contribution in [-0.4, -0.2) is 36.2 Å². The molecule has 0 saturated carbocycles. The molecule has 2 heterocycles. The second-order valence-electron chi connectivity index (χ2n) is 6.60. The minimum absolute atomic E-state index is 0.445. The van der Waals surface area contributed by atoms with Crippen LogP contribution < -0.4 is 0 Å². The number of aromatic nitrogens is 1. The molecule has 0 amide bonds. The number of morpholine rings is 1. The van der Waals surface area contributed by atoms with E-state index in [1.807, 2.05) is 0 Å². The average Bonchev–Trinajstić information content (AvgIpc) is 3.10. The Balaban J connectivity index is 1.53. The first-order chi connectivity index (χ1) is 11.3. The van der Waals surface area contributed by atoms with Gasteiger partial charge in [-0.1, -0.05) is 30.3 Å². The van der Waals surface area contributed by atoms with E-state index in [4.69, 9.17) is 9.72 Å². The standard InChI is InChI=1S/C20H24N2O/c1-15(22-11-13-23-14-12-22)16-5-7-18(8-6-16)20-10-9-17-3-2-4-19(17)21-20/h5-10,15H,2-4,11-14H2,1H3/t15-/m0/s1. The number of nitrogens with zero attached hydrogens (tertiary/aromatic N) is 2. The van der Waals surface area contributed by atoms with E-state index in [2.05, 4.69) is 48.2 Å². The molecule has 3 heteroatoms. The minimum Gasteiger partial charge on any atom is -0.379 e. The lowest BCUT2D eigenvalue weighted by Gasteiger charge is -2.32. The molecule has 3 nitrogen and oxygen atoms in total. The van der Waals surface area contributed by atoms with E-state index >= 15 is 0 Å². The van der Waals surface area contributed by atoms with Crippen LogP contribution in [0, 0.1) is 0 Å². The van der Waals surface area contributed by atoms with E-state index in [1.54, 1.807) is 0 Å². The Morgan fingerprint density at radius 3 is 2.57 bits per heavy atom. The Hall–Kier alpha value is -1.71. The van der Waals surface area contributed by atoms with Crippen LogP contribution in [0.15, 0.2) is 36.4 Å². The Kier molecular flexibility index (Phi) is 4.15. The molecule has 2 aromatic rings. The fraction of sp³-hybridized carbons (Fsp3) is 0.450. The lowest BCUT2D eigenvalue weighted by molar-refractivity contribution is 0.0198. The van der Waals surface area contributed by atoms with Gasteiger partial charge in [0.25, 0.3) is 0 Å². The van der Waals surface area contributed by atoms with Gasteiger partial charge in [0.15, 0.2) is 0 Å². The van der Waals surface area contributed by atoms with Gasteiger partial charge >= 0.3 is 0 Å². The number of pyridine rings is 1. The number of aryl methyl sites for hydroxylation is 2. The van der Waals surface area contributed by atoms with E-state index in [9.17, 15) is 0 Å². The predicted molar refractivity (Wildman–Crippen MR) is 92.5 cm³/mol. The third-order valence-corrected chi connectivity index (χ3v) is 5.21. The molecule has 2 aliphatic rings. The van der Waals surface area contributed by atoms with E-state index in [0.717, 1.165) is 38.4 Å². The van der Waals surface area contributed by atoms with Crippen molar-refractivity contribution < 1.29 is 4.74 Å². The molecule has 1 aliphatic carbocycles. The van der Waals surface area contributed by atoms with Crippen molar-refractivity contribution in [3.8, 4) is 11.3 Å². The quantitative estimate of drug-likeness (QED) is 0.866. The summed E-state index contributed by atoms with van der Waals surface area (Å²) in [5.74, 6) is 0. The molecule has 0 unspecified atom stereocenters. The maximum atomic E-state index is 5.45. The molecule has 0 bridgehead atoms. The molecule has 1 aliphatic heterocycles. The first kappa shape index (κ1) is 14.9. The fourth-order valence-corrected chi connectivity index (χ4v) is 3.69. The van der Waals surface area contributed by atoms with Crippen molar-refractivity contribution in [3.05, 3.63) is 53.2 Å². The van der Waals surface area contributed by atoms with Crippen molar-refractivity contribution in [1.82, 2.24) is 9.88 Å². The molecule has 4 rings (SSSR count). The molecule has 1 aromatic carbocycles. The molecular weight excluding hydrogens is 284 g/mol. The summed E-state index contributed by atoms with van der Waals surface area (Å²) in [5.41, 5.74) is 6.44. The van der Waals surface area contributed by atoms with Gasteiger partial charge in [0.1, 0.15) is 0 Å². The molecule has 1 fully saturated rings. The molecule has 1 atom stereocenters. The molecular formula is C20H24N2O. The Morgan fingerprint density at radius 1 is 1.00 bits per heavy atom. The second kappa shape index (κ2) is 6.42. The predicted octanol–water partition coefficient (Wildman–Crippen LogP) is 3.63. The van der Waals surface area contributed by atoms with Crippen LogP contribution >= 0.6 is 0 Å². The van der Waals surface area contributed by atoms with Gasteiger partial charge in [-0.25, -0.2) is 0 Å². The van der Waals surface area contributed by atoms with E-state index in [0.29, 0.717) is 6.04 Å². The van der Waals surface area contributed by atoms with Crippen LogP contribution in [0.25, 0.3) is 11.3 Å². The normalized spacial score (nSPS) is 19.5. The van der Waals surface area contributed by atoms with Crippen molar-refractivity contribution in [1.29, 1.82) is 0 Å². The number of hydrogen-bond acceptors (Lipinski definition) is 3. The summed E-state index contributed by atoms with van der Waals surface area (Å²) >= 11 is 0. The van der Waals surface area contributed by atoms with E-state index in [1.165, 1.54) is 35.2 Å². The molecule has 1 saturated heterocycles. The summed E-state index contributed by atoms with van der Waals surface area (Å²) in [6.07, 6.45) is 3.58. The van der Waals surface area contributed by atoms with Crippen LogP contribution in [0.4, 0.5) is 0 Å². The molecule has 0 radical (unpaired) electrons. The number of rotatable bonds is 3. The summed E-state index contributed by atoms with van der Waals surface area (Å²) in [6, 6.07) is 13.8.